The third kappa shape index (κ3) is 3.30. The molecule has 1 aromatic heterocycles. The van der Waals surface area contributed by atoms with E-state index in [9.17, 15) is 4.79 Å². The lowest BCUT2D eigenvalue weighted by atomic mass is 9.92. The van der Waals surface area contributed by atoms with Crippen molar-refractivity contribution in [2.45, 2.75) is 44.3 Å². The number of hydrogen-bond donors (Lipinski definition) is 2. The fourth-order valence-electron chi connectivity index (χ4n) is 3.55. The molecule has 0 spiro atoms. The lowest BCUT2D eigenvalue weighted by Gasteiger charge is -2.29. The molecule has 1 aromatic carbocycles. The molecular formula is C18H21ClN2OS. The van der Waals surface area contributed by atoms with E-state index in [1.54, 1.807) is 0 Å². The maximum atomic E-state index is 12.6. The molecule has 0 radical (unpaired) electrons. The first-order valence-corrected chi connectivity index (χ1v) is 8.86. The van der Waals surface area contributed by atoms with Crippen LogP contribution in [0.1, 0.15) is 40.5 Å². The van der Waals surface area contributed by atoms with Gasteiger partial charge in [0.15, 0.2) is 0 Å². The van der Waals surface area contributed by atoms with Crippen LogP contribution in [-0.4, -0.2) is 11.9 Å². The van der Waals surface area contributed by atoms with Gasteiger partial charge in [0.25, 0.3) is 0 Å². The van der Waals surface area contributed by atoms with Crippen LogP contribution in [-0.2, 0) is 24.2 Å². The molecule has 0 bridgehead atoms. The van der Waals surface area contributed by atoms with Gasteiger partial charge in [-0.05, 0) is 53.8 Å². The van der Waals surface area contributed by atoms with E-state index >= 15 is 0 Å². The first kappa shape index (κ1) is 16.5. The van der Waals surface area contributed by atoms with E-state index in [-0.39, 0.29) is 30.4 Å². The summed E-state index contributed by atoms with van der Waals surface area (Å²) in [6.07, 6.45) is 4.16. The molecule has 2 unspecified atom stereocenters. The first-order chi connectivity index (χ1) is 10.8. The molecule has 3 nitrogen and oxygen atoms in total. The first-order valence-electron chi connectivity index (χ1n) is 7.98. The number of rotatable bonds is 2. The third-order valence-electron chi connectivity index (χ3n) is 4.77. The van der Waals surface area contributed by atoms with Crippen molar-refractivity contribution < 1.29 is 4.79 Å². The largest absolute Gasteiger partial charge is 0.348 e. The Balaban J connectivity index is 0.00000156. The van der Waals surface area contributed by atoms with Gasteiger partial charge in [-0.1, -0.05) is 24.3 Å². The topological polar surface area (TPSA) is 41.1 Å². The highest BCUT2D eigenvalue weighted by atomic mass is 35.5. The summed E-state index contributed by atoms with van der Waals surface area (Å²) in [7, 11) is 0. The van der Waals surface area contributed by atoms with Crippen LogP contribution in [0.4, 0.5) is 0 Å². The molecule has 4 rings (SSSR count). The van der Waals surface area contributed by atoms with Crippen LogP contribution in [0.3, 0.4) is 0 Å². The molecule has 0 saturated carbocycles. The van der Waals surface area contributed by atoms with Crippen molar-refractivity contribution >= 4 is 29.7 Å². The lowest BCUT2D eigenvalue weighted by molar-refractivity contribution is -0.124. The quantitative estimate of drug-likeness (QED) is 0.873. The highest BCUT2D eigenvalue weighted by molar-refractivity contribution is 7.10. The summed E-state index contributed by atoms with van der Waals surface area (Å²) in [5.41, 5.74) is 3.94. The van der Waals surface area contributed by atoms with E-state index in [0.717, 1.165) is 25.8 Å². The molecular weight excluding hydrogens is 328 g/mol. The van der Waals surface area contributed by atoms with Crippen molar-refractivity contribution in [2.24, 2.45) is 0 Å². The number of aryl methyl sites for hydroxylation is 1. The Bertz CT molecular complexity index is 700. The summed E-state index contributed by atoms with van der Waals surface area (Å²) < 4.78 is 0. The molecule has 2 atom stereocenters. The second kappa shape index (κ2) is 7.04. The maximum Gasteiger partial charge on any atom is 0.237 e. The van der Waals surface area contributed by atoms with Crippen molar-refractivity contribution in [3.63, 3.8) is 0 Å². The number of thiophene rings is 1. The SMILES string of the molecule is Cl.O=C(NC1CCCc2sccc21)C1Cc2ccccc2CN1. The van der Waals surface area contributed by atoms with Gasteiger partial charge in [-0.3, -0.25) is 4.79 Å². The summed E-state index contributed by atoms with van der Waals surface area (Å²) >= 11 is 1.82. The summed E-state index contributed by atoms with van der Waals surface area (Å²) in [5.74, 6) is 0.138. The van der Waals surface area contributed by atoms with Crippen molar-refractivity contribution in [3.8, 4) is 0 Å². The number of carbonyl (C=O) groups excluding carboxylic acids is 1. The van der Waals surface area contributed by atoms with E-state index < -0.39 is 0 Å². The Morgan fingerprint density at radius 2 is 2.04 bits per heavy atom. The summed E-state index contributed by atoms with van der Waals surface area (Å²) in [4.78, 5) is 14.1. The fraction of sp³-hybridized carbons (Fsp3) is 0.389. The zero-order chi connectivity index (χ0) is 14.9. The molecule has 2 aromatic rings. The number of carbonyl (C=O) groups is 1. The number of benzene rings is 1. The van der Waals surface area contributed by atoms with Crippen LogP contribution >= 0.6 is 23.7 Å². The number of fused-ring (bicyclic) bond motifs is 2. The average molecular weight is 349 g/mol. The van der Waals surface area contributed by atoms with E-state index in [0.29, 0.717) is 0 Å². The molecule has 2 heterocycles. The Hall–Kier alpha value is -1.36. The van der Waals surface area contributed by atoms with E-state index in [1.807, 2.05) is 11.3 Å². The molecule has 1 aliphatic heterocycles. The maximum absolute atomic E-state index is 12.6. The van der Waals surface area contributed by atoms with Gasteiger partial charge in [0.1, 0.15) is 0 Å². The number of halogens is 1. The van der Waals surface area contributed by atoms with Crippen LogP contribution in [0.5, 0.6) is 0 Å². The molecule has 122 valence electrons. The molecule has 2 N–H and O–H groups in total. The minimum absolute atomic E-state index is 0. The van der Waals surface area contributed by atoms with Gasteiger partial charge in [-0.15, -0.1) is 23.7 Å². The Labute approximate surface area is 146 Å². The molecule has 0 fully saturated rings. The van der Waals surface area contributed by atoms with Crippen LogP contribution in [0.2, 0.25) is 0 Å². The van der Waals surface area contributed by atoms with Crippen molar-refractivity contribution in [2.75, 3.05) is 0 Å². The Morgan fingerprint density at radius 3 is 2.91 bits per heavy atom. The molecule has 5 heteroatoms. The second-order valence-electron chi connectivity index (χ2n) is 6.16. The normalized spacial score (nSPS) is 22.4. The lowest BCUT2D eigenvalue weighted by Crippen LogP contribution is -2.48. The van der Waals surface area contributed by atoms with Gasteiger partial charge in [0.05, 0.1) is 12.1 Å². The molecule has 1 amide bonds. The number of hydrogen-bond acceptors (Lipinski definition) is 3. The predicted molar refractivity (Wildman–Crippen MR) is 96.2 cm³/mol. The molecule has 2 aliphatic rings. The van der Waals surface area contributed by atoms with E-state index in [2.05, 4.69) is 46.3 Å². The summed E-state index contributed by atoms with van der Waals surface area (Å²) in [5, 5.41) is 8.78. The minimum Gasteiger partial charge on any atom is -0.348 e. The van der Waals surface area contributed by atoms with Gasteiger partial charge >= 0.3 is 0 Å². The van der Waals surface area contributed by atoms with Gasteiger partial charge in [0.2, 0.25) is 5.91 Å². The molecule has 23 heavy (non-hydrogen) atoms. The van der Waals surface area contributed by atoms with Crippen LogP contribution in [0, 0.1) is 0 Å². The van der Waals surface area contributed by atoms with Gasteiger partial charge in [-0.2, -0.15) is 0 Å². The summed E-state index contributed by atoms with van der Waals surface area (Å²) in [6, 6.07) is 10.6. The zero-order valence-corrected chi connectivity index (χ0v) is 14.5. The van der Waals surface area contributed by atoms with Crippen LogP contribution < -0.4 is 10.6 Å². The highest BCUT2D eigenvalue weighted by Crippen LogP contribution is 2.33. The highest BCUT2D eigenvalue weighted by Gasteiger charge is 2.28. The average Bonchev–Trinajstić information content (AvgIpc) is 3.04. The van der Waals surface area contributed by atoms with Crippen molar-refractivity contribution in [3.05, 3.63) is 57.3 Å². The van der Waals surface area contributed by atoms with Crippen LogP contribution in [0.25, 0.3) is 0 Å². The zero-order valence-electron chi connectivity index (χ0n) is 12.9. The standard InChI is InChI=1S/C18H20N2OS.ClH/c21-18(16-10-12-4-1-2-5-13(12)11-19-16)20-15-6-3-7-17-14(15)8-9-22-17;/h1-2,4-5,8-9,15-16,19H,3,6-7,10-11H2,(H,20,21);1H. The molecule has 1 aliphatic carbocycles. The van der Waals surface area contributed by atoms with Crippen molar-refractivity contribution in [1.29, 1.82) is 0 Å². The minimum atomic E-state index is -0.112. The Morgan fingerprint density at radius 1 is 1.22 bits per heavy atom. The van der Waals surface area contributed by atoms with Crippen LogP contribution in [0.15, 0.2) is 35.7 Å². The number of nitrogens with one attached hydrogen (secondary N) is 2. The predicted octanol–water partition coefficient (Wildman–Crippen LogP) is 3.38. The monoisotopic (exact) mass is 348 g/mol. The number of amides is 1. The van der Waals surface area contributed by atoms with E-state index in [4.69, 9.17) is 0 Å². The third-order valence-corrected chi connectivity index (χ3v) is 5.76. The molecule has 0 saturated heterocycles. The Kier molecular flexibility index (Phi) is 5.05. The summed E-state index contributed by atoms with van der Waals surface area (Å²) in [6.45, 7) is 0.780. The fourth-order valence-corrected chi connectivity index (χ4v) is 4.54. The smallest absolute Gasteiger partial charge is 0.237 e. The van der Waals surface area contributed by atoms with Gasteiger partial charge < -0.3 is 10.6 Å². The second-order valence-corrected chi connectivity index (χ2v) is 7.16. The van der Waals surface area contributed by atoms with Crippen molar-refractivity contribution in [1.82, 2.24) is 10.6 Å². The van der Waals surface area contributed by atoms with Gasteiger partial charge in [0, 0.05) is 11.4 Å². The van der Waals surface area contributed by atoms with Gasteiger partial charge in [-0.25, -0.2) is 0 Å². The van der Waals surface area contributed by atoms with E-state index in [1.165, 1.54) is 28.0 Å².